The quantitative estimate of drug-likeness (QED) is 0.151. The van der Waals surface area contributed by atoms with E-state index in [1.54, 1.807) is 60.7 Å². The molecule has 48 heavy (non-hydrogen) atoms. The van der Waals surface area contributed by atoms with Gasteiger partial charge in [0, 0.05) is 22.6 Å². The highest BCUT2D eigenvalue weighted by Gasteiger charge is 2.34. The summed E-state index contributed by atoms with van der Waals surface area (Å²) in [6.07, 6.45) is 5.28. The molecule has 4 aromatic carbocycles. The molecule has 1 atom stereocenters. The van der Waals surface area contributed by atoms with E-state index in [4.69, 9.17) is 27.9 Å². The number of sulfonamides is 1. The monoisotopic (exact) mass is 707 g/mol. The summed E-state index contributed by atoms with van der Waals surface area (Å²) in [7, 11) is -4.22. The van der Waals surface area contributed by atoms with E-state index in [1.807, 2.05) is 37.3 Å². The number of halogens is 2. The fourth-order valence-electron chi connectivity index (χ4n) is 5.85. The Morgan fingerprint density at radius 1 is 0.854 bits per heavy atom. The van der Waals surface area contributed by atoms with Crippen molar-refractivity contribution in [3.05, 3.63) is 119 Å². The zero-order valence-corrected chi connectivity index (χ0v) is 29.1. The molecule has 5 rings (SSSR count). The van der Waals surface area contributed by atoms with E-state index >= 15 is 0 Å². The molecule has 252 valence electrons. The van der Waals surface area contributed by atoms with Crippen molar-refractivity contribution in [1.82, 2.24) is 10.2 Å². The standard InChI is InChI=1S/C37H39Cl2N3O5S/c1-2-35(37(44)40-29-12-6-3-7-13-29)41(25-27-18-19-28(38)24-34(27)39)36(43)26-42(48(45,46)33-16-10-5-11-17-33)30-20-22-32(23-21-30)47-31-14-8-4-9-15-31/h4-5,8-11,14-24,29,35H,2-3,6-7,12-13,25-26H2,1H3,(H,40,44)/t35-/m0/s1. The van der Waals surface area contributed by atoms with Crippen LogP contribution in [0.1, 0.15) is 51.0 Å². The van der Waals surface area contributed by atoms with Crippen molar-refractivity contribution < 1.29 is 22.7 Å². The molecular weight excluding hydrogens is 669 g/mol. The molecule has 1 aliphatic rings. The molecule has 0 heterocycles. The van der Waals surface area contributed by atoms with Crippen molar-refractivity contribution >= 4 is 50.7 Å². The molecule has 0 aromatic heterocycles. The van der Waals surface area contributed by atoms with Crippen LogP contribution >= 0.6 is 23.2 Å². The Hall–Kier alpha value is -4.05. The number of hydrogen-bond donors (Lipinski definition) is 1. The Morgan fingerprint density at radius 3 is 2.10 bits per heavy atom. The third kappa shape index (κ3) is 8.89. The van der Waals surface area contributed by atoms with Gasteiger partial charge in [-0.2, -0.15) is 0 Å². The number of rotatable bonds is 13. The molecule has 0 unspecified atom stereocenters. The zero-order chi connectivity index (χ0) is 34.1. The van der Waals surface area contributed by atoms with Gasteiger partial charge in [0.1, 0.15) is 24.1 Å². The first-order valence-corrected chi connectivity index (χ1v) is 18.3. The second kappa shape index (κ2) is 16.4. The minimum atomic E-state index is -4.22. The van der Waals surface area contributed by atoms with Crippen molar-refractivity contribution in [1.29, 1.82) is 0 Å². The van der Waals surface area contributed by atoms with Crippen molar-refractivity contribution in [2.24, 2.45) is 0 Å². The smallest absolute Gasteiger partial charge is 0.264 e. The molecule has 1 saturated carbocycles. The van der Waals surface area contributed by atoms with Gasteiger partial charge in [-0.1, -0.05) is 91.9 Å². The largest absolute Gasteiger partial charge is 0.457 e. The number of carbonyl (C=O) groups excluding carboxylic acids is 2. The van der Waals surface area contributed by atoms with E-state index in [0.29, 0.717) is 33.5 Å². The highest BCUT2D eigenvalue weighted by Crippen LogP contribution is 2.30. The lowest BCUT2D eigenvalue weighted by Gasteiger charge is -2.34. The first-order valence-electron chi connectivity index (χ1n) is 16.1. The summed E-state index contributed by atoms with van der Waals surface area (Å²) in [5.74, 6) is 0.291. The Labute approximate surface area is 292 Å². The molecule has 0 aliphatic heterocycles. The fraction of sp³-hybridized carbons (Fsp3) is 0.297. The van der Waals surface area contributed by atoms with Gasteiger partial charge in [-0.05, 0) is 85.5 Å². The van der Waals surface area contributed by atoms with Crippen LogP contribution in [0.3, 0.4) is 0 Å². The number of nitrogens with zero attached hydrogens (tertiary/aromatic N) is 2. The van der Waals surface area contributed by atoms with Gasteiger partial charge in [-0.15, -0.1) is 0 Å². The van der Waals surface area contributed by atoms with Crippen LogP contribution in [-0.4, -0.2) is 43.8 Å². The molecule has 1 N–H and O–H groups in total. The minimum absolute atomic E-state index is 0.0193. The number of nitrogens with one attached hydrogen (secondary N) is 1. The summed E-state index contributed by atoms with van der Waals surface area (Å²) >= 11 is 12.7. The number of amides is 2. The topological polar surface area (TPSA) is 96.0 Å². The summed E-state index contributed by atoms with van der Waals surface area (Å²) in [6.45, 7) is 1.25. The second-order valence-corrected chi connectivity index (χ2v) is 14.5. The first-order chi connectivity index (χ1) is 23.2. The summed E-state index contributed by atoms with van der Waals surface area (Å²) in [5, 5.41) is 3.92. The molecule has 4 aromatic rings. The summed E-state index contributed by atoms with van der Waals surface area (Å²) in [4.78, 5) is 29.7. The molecule has 0 radical (unpaired) electrons. The Kier molecular flexibility index (Phi) is 12.0. The maximum atomic E-state index is 14.4. The Bertz CT molecular complexity index is 1790. The van der Waals surface area contributed by atoms with Crippen LogP contribution in [0, 0.1) is 0 Å². The van der Waals surface area contributed by atoms with Crippen molar-refractivity contribution in [3.63, 3.8) is 0 Å². The summed E-state index contributed by atoms with van der Waals surface area (Å²) < 4.78 is 35.3. The van der Waals surface area contributed by atoms with Crippen LogP contribution in [0.5, 0.6) is 11.5 Å². The van der Waals surface area contributed by atoms with Crippen LogP contribution in [-0.2, 0) is 26.2 Å². The molecule has 2 amide bonds. The Balaban J connectivity index is 1.49. The minimum Gasteiger partial charge on any atom is -0.457 e. The molecule has 8 nitrogen and oxygen atoms in total. The maximum Gasteiger partial charge on any atom is 0.264 e. The van der Waals surface area contributed by atoms with Gasteiger partial charge in [0.25, 0.3) is 10.0 Å². The number of anilines is 1. The number of benzene rings is 4. The molecule has 1 fully saturated rings. The predicted octanol–water partition coefficient (Wildman–Crippen LogP) is 8.24. The van der Waals surface area contributed by atoms with Crippen LogP contribution in [0.15, 0.2) is 108 Å². The van der Waals surface area contributed by atoms with E-state index in [-0.39, 0.29) is 29.1 Å². The van der Waals surface area contributed by atoms with Gasteiger partial charge in [-0.25, -0.2) is 8.42 Å². The van der Waals surface area contributed by atoms with E-state index in [1.165, 1.54) is 17.0 Å². The first kappa shape index (κ1) is 35.3. The average Bonchev–Trinajstić information content (AvgIpc) is 3.09. The molecule has 11 heteroatoms. The number of hydrogen-bond acceptors (Lipinski definition) is 5. The lowest BCUT2D eigenvalue weighted by atomic mass is 9.95. The van der Waals surface area contributed by atoms with Crippen LogP contribution in [0.2, 0.25) is 10.0 Å². The lowest BCUT2D eigenvalue weighted by Crippen LogP contribution is -2.54. The molecular formula is C37H39Cl2N3O5S. The highest BCUT2D eigenvalue weighted by molar-refractivity contribution is 7.92. The van der Waals surface area contributed by atoms with Crippen molar-refractivity contribution in [3.8, 4) is 11.5 Å². The van der Waals surface area contributed by atoms with E-state index in [9.17, 15) is 18.0 Å². The van der Waals surface area contributed by atoms with E-state index in [2.05, 4.69) is 5.32 Å². The number of ether oxygens (including phenoxy) is 1. The van der Waals surface area contributed by atoms with Gasteiger partial charge >= 0.3 is 0 Å². The van der Waals surface area contributed by atoms with Crippen LogP contribution < -0.4 is 14.4 Å². The molecule has 0 bridgehead atoms. The van der Waals surface area contributed by atoms with Gasteiger partial charge in [-0.3, -0.25) is 13.9 Å². The highest BCUT2D eigenvalue weighted by atomic mass is 35.5. The number of carbonyl (C=O) groups is 2. The van der Waals surface area contributed by atoms with Crippen LogP contribution in [0.25, 0.3) is 0 Å². The SMILES string of the molecule is CC[C@@H](C(=O)NC1CCCCC1)N(Cc1ccc(Cl)cc1Cl)C(=O)CN(c1ccc(Oc2ccccc2)cc1)S(=O)(=O)c1ccccc1. The molecule has 1 aliphatic carbocycles. The fourth-order valence-corrected chi connectivity index (χ4v) is 7.75. The summed E-state index contributed by atoms with van der Waals surface area (Å²) in [6, 6.07) is 27.8. The average molecular weight is 709 g/mol. The number of para-hydroxylation sites is 1. The third-order valence-electron chi connectivity index (χ3n) is 8.41. The lowest BCUT2D eigenvalue weighted by molar-refractivity contribution is -0.140. The van der Waals surface area contributed by atoms with Gasteiger partial charge in [0.05, 0.1) is 10.6 Å². The van der Waals surface area contributed by atoms with Gasteiger partial charge in [0.2, 0.25) is 11.8 Å². The molecule has 0 spiro atoms. The summed E-state index contributed by atoms with van der Waals surface area (Å²) in [5.41, 5.74) is 0.843. The zero-order valence-electron chi connectivity index (χ0n) is 26.7. The Morgan fingerprint density at radius 2 is 1.48 bits per heavy atom. The predicted molar refractivity (Wildman–Crippen MR) is 190 cm³/mol. The van der Waals surface area contributed by atoms with Crippen molar-refractivity contribution in [2.75, 3.05) is 10.8 Å². The second-order valence-electron chi connectivity index (χ2n) is 11.8. The molecule has 0 saturated heterocycles. The van der Waals surface area contributed by atoms with Crippen LogP contribution in [0.4, 0.5) is 5.69 Å². The normalized spacial score (nSPS) is 14.1. The van der Waals surface area contributed by atoms with Gasteiger partial charge in [0.15, 0.2) is 0 Å². The maximum absolute atomic E-state index is 14.4. The van der Waals surface area contributed by atoms with Crippen molar-refractivity contribution in [2.45, 2.75) is 69.0 Å². The van der Waals surface area contributed by atoms with E-state index in [0.717, 1.165) is 36.4 Å². The van der Waals surface area contributed by atoms with Gasteiger partial charge < -0.3 is 15.0 Å². The van der Waals surface area contributed by atoms with E-state index < -0.39 is 28.5 Å². The third-order valence-corrected chi connectivity index (χ3v) is 10.8.